The van der Waals surface area contributed by atoms with Crippen molar-refractivity contribution in [3.63, 3.8) is 0 Å². The van der Waals surface area contributed by atoms with Gasteiger partial charge in [0.15, 0.2) is 0 Å². The highest BCUT2D eigenvalue weighted by molar-refractivity contribution is 5.92. The first-order valence-corrected chi connectivity index (χ1v) is 9.68. The van der Waals surface area contributed by atoms with E-state index in [9.17, 15) is 4.79 Å². The zero-order chi connectivity index (χ0) is 17.6. The smallest absolute Gasteiger partial charge is 0.270 e. The van der Waals surface area contributed by atoms with Crippen molar-refractivity contribution in [1.82, 2.24) is 15.3 Å². The molecule has 0 unspecified atom stereocenters. The molecule has 1 aromatic rings. The maximum Gasteiger partial charge on any atom is 0.270 e. The van der Waals surface area contributed by atoms with Gasteiger partial charge in [0.1, 0.15) is 5.69 Å². The minimum Gasteiger partial charge on any atom is -0.350 e. The van der Waals surface area contributed by atoms with Crippen molar-refractivity contribution >= 4 is 11.9 Å². The first-order chi connectivity index (χ1) is 12.1. The third-order valence-corrected chi connectivity index (χ3v) is 5.26. The molecule has 3 rings (SSSR count). The molecule has 1 amide bonds. The number of amides is 1. The third-order valence-electron chi connectivity index (χ3n) is 5.26. The molecule has 0 radical (unpaired) electrons. The minimum atomic E-state index is -0.0893. The van der Waals surface area contributed by atoms with E-state index in [-0.39, 0.29) is 5.91 Å². The van der Waals surface area contributed by atoms with Gasteiger partial charge in [-0.3, -0.25) is 4.79 Å². The van der Waals surface area contributed by atoms with Crippen LogP contribution in [0.5, 0.6) is 0 Å². The number of anilines is 1. The number of carbonyl (C=O) groups excluding carboxylic acids is 1. The van der Waals surface area contributed by atoms with Gasteiger partial charge in [0.05, 0.1) is 0 Å². The molecule has 1 aromatic heterocycles. The Balaban J connectivity index is 1.59. The molecule has 2 aliphatic rings. The second-order valence-corrected chi connectivity index (χ2v) is 7.48. The highest BCUT2D eigenvalue weighted by Crippen LogP contribution is 2.21. The maximum atomic E-state index is 12.5. The van der Waals surface area contributed by atoms with E-state index in [2.05, 4.69) is 33.2 Å². The minimum absolute atomic E-state index is 0.0893. The highest BCUT2D eigenvalue weighted by atomic mass is 16.1. The van der Waals surface area contributed by atoms with E-state index in [1.165, 1.54) is 31.3 Å². The number of hydrogen-bond acceptors (Lipinski definition) is 4. The molecule has 0 bridgehead atoms. The molecule has 1 aliphatic carbocycles. The van der Waals surface area contributed by atoms with Crippen LogP contribution in [-0.4, -0.2) is 35.5 Å². The zero-order valence-electron chi connectivity index (χ0n) is 15.6. The van der Waals surface area contributed by atoms with Crippen molar-refractivity contribution < 1.29 is 4.79 Å². The summed E-state index contributed by atoms with van der Waals surface area (Å²) in [6.07, 6.45) is 10.6. The van der Waals surface area contributed by atoms with Crippen molar-refractivity contribution in [1.29, 1.82) is 0 Å². The second-order valence-electron chi connectivity index (χ2n) is 7.48. The van der Waals surface area contributed by atoms with Gasteiger partial charge in [-0.05, 0) is 63.9 Å². The second kappa shape index (κ2) is 8.45. The first-order valence-electron chi connectivity index (χ1n) is 9.68. The fourth-order valence-electron chi connectivity index (χ4n) is 3.58. The lowest BCUT2D eigenvalue weighted by atomic mass is 9.97. The van der Waals surface area contributed by atoms with Crippen molar-refractivity contribution in [3.05, 3.63) is 29.1 Å². The van der Waals surface area contributed by atoms with Gasteiger partial charge in [-0.15, -0.1) is 0 Å². The van der Waals surface area contributed by atoms with Crippen LogP contribution >= 0.6 is 0 Å². The summed E-state index contributed by atoms with van der Waals surface area (Å²) in [4.78, 5) is 23.8. The molecule has 2 heterocycles. The van der Waals surface area contributed by atoms with Crippen LogP contribution in [0.4, 0.5) is 5.95 Å². The summed E-state index contributed by atoms with van der Waals surface area (Å²) in [6, 6.07) is 1.78. The van der Waals surface area contributed by atoms with Crippen LogP contribution in [0.25, 0.3) is 0 Å². The Bertz CT molecular complexity index is 633. The van der Waals surface area contributed by atoms with E-state index in [1.54, 1.807) is 6.07 Å². The van der Waals surface area contributed by atoms with Crippen molar-refractivity contribution in [3.8, 4) is 0 Å². The number of aromatic nitrogens is 2. The Kier molecular flexibility index (Phi) is 6.05. The summed E-state index contributed by atoms with van der Waals surface area (Å²) in [6.45, 7) is 6.85. The average molecular weight is 342 g/mol. The number of rotatable bonds is 5. The molecule has 5 nitrogen and oxygen atoms in total. The van der Waals surface area contributed by atoms with E-state index in [0.29, 0.717) is 18.2 Å². The number of piperidine rings is 1. The molecule has 5 heteroatoms. The van der Waals surface area contributed by atoms with Crippen LogP contribution in [0.15, 0.2) is 17.7 Å². The number of carbonyl (C=O) groups is 1. The van der Waals surface area contributed by atoms with E-state index in [1.807, 2.05) is 6.92 Å². The van der Waals surface area contributed by atoms with E-state index in [4.69, 9.17) is 0 Å². The topological polar surface area (TPSA) is 58.1 Å². The van der Waals surface area contributed by atoms with Crippen LogP contribution in [0.2, 0.25) is 0 Å². The van der Waals surface area contributed by atoms with E-state index in [0.717, 1.165) is 44.0 Å². The van der Waals surface area contributed by atoms with Gasteiger partial charge in [0, 0.05) is 25.3 Å². The molecule has 136 valence electrons. The summed E-state index contributed by atoms with van der Waals surface area (Å²) < 4.78 is 0. The van der Waals surface area contributed by atoms with Gasteiger partial charge in [0.2, 0.25) is 5.95 Å². The Morgan fingerprint density at radius 1 is 1.28 bits per heavy atom. The van der Waals surface area contributed by atoms with Crippen LogP contribution < -0.4 is 10.2 Å². The number of allylic oxidation sites excluding steroid dienone is 1. The quantitative estimate of drug-likeness (QED) is 0.830. The molecule has 1 fully saturated rings. The molecule has 25 heavy (non-hydrogen) atoms. The number of nitrogens with zero attached hydrogens (tertiary/aromatic N) is 3. The first kappa shape index (κ1) is 17.9. The van der Waals surface area contributed by atoms with Crippen LogP contribution in [-0.2, 0) is 0 Å². The Morgan fingerprint density at radius 3 is 2.80 bits per heavy atom. The molecule has 1 aliphatic heterocycles. The molecular formula is C20H30N4O. The maximum absolute atomic E-state index is 12.5. The Morgan fingerprint density at radius 2 is 2.08 bits per heavy atom. The average Bonchev–Trinajstić information content (AvgIpc) is 2.62. The molecule has 1 saturated heterocycles. The van der Waals surface area contributed by atoms with Gasteiger partial charge in [-0.2, -0.15) is 0 Å². The largest absolute Gasteiger partial charge is 0.350 e. The standard InChI is InChI=1S/C20H30N4O/c1-15-9-12-24(13-10-15)20-22-16(2)14-18(23-20)19(25)21-11-8-17-6-4-3-5-7-17/h6,14-15H,3-5,7-13H2,1-2H3,(H,21,25). The monoisotopic (exact) mass is 342 g/mol. The third kappa shape index (κ3) is 5.03. The van der Waals surface area contributed by atoms with Crippen molar-refractivity contribution in [2.45, 2.75) is 58.8 Å². The zero-order valence-corrected chi connectivity index (χ0v) is 15.6. The predicted octanol–water partition coefficient (Wildman–Crippen LogP) is 3.64. The normalized spacial score (nSPS) is 18.8. The highest BCUT2D eigenvalue weighted by Gasteiger charge is 2.20. The van der Waals surface area contributed by atoms with Crippen molar-refractivity contribution in [2.75, 3.05) is 24.5 Å². The van der Waals surface area contributed by atoms with Gasteiger partial charge >= 0.3 is 0 Å². The van der Waals surface area contributed by atoms with Gasteiger partial charge in [0.25, 0.3) is 5.91 Å². The predicted molar refractivity (Wildman–Crippen MR) is 101 cm³/mol. The molecular weight excluding hydrogens is 312 g/mol. The molecule has 0 spiro atoms. The van der Waals surface area contributed by atoms with Crippen LogP contribution in [0.1, 0.15) is 68.1 Å². The Hall–Kier alpha value is -1.91. The molecule has 0 atom stereocenters. The molecule has 0 aromatic carbocycles. The molecule has 1 N–H and O–H groups in total. The lowest BCUT2D eigenvalue weighted by Gasteiger charge is -2.30. The fourth-order valence-corrected chi connectivity index (χ4v) is 3.58. The number of hydrogen-bond donors (Lipinski definition) is 1. The lowest BCUT2D eigenvalue weighted by Crippen LogP contribution is -2.35. The van der Waals surface area contributed by atoms with Gasteiger partial charge in [-0.25, -0.2) is 9.97 Å². The van der Waals surface area contributed by atoms with Gasteiger partial charge in [-0.1, -0.05) is 18.6 Å². The summed E-state index contributed by atoms with van der Waals surface area (Å²) in [5.41, 5.74) is 2.82. The fraction of sp³-hybridized carbons (Fsp3) is 0.650. The molecule has 0 saturated carbocycles. The van der Waals surface area contributed by atoms with Gasteiger partial charge < -0.3 is 10.2 Å². The summed E-state index contributed by atoms with van der Waals surface area (Å²) in [5.74, 6) is 1.37. The lowest BCUT2D eigenvalue weighted by molar-refractivity contribution is 0.0949. The summed E-state index contributed by atoms with van der Waals surface area (Å²) >= 11 is 0. The van der Waals surface area contributed by atoms with Crippen LogP contribution in [0, 0.1) is 12.8 Å². The van der Waals surface area contributed by atoms with Crippen molar-refractivity contribution in [2.24, 2.45) is 5.92 Å². The van der Waals surface area contributed by atoms with Crippen LogP contribution in [0.3, 0.4) is 0 Å². The summed E-state index contributed by atoms with van der Waals surface area (Å²) in [7, 11) is 0. The number of aryl methyl sites for hydroxylation is 1. The number of nitrogens with one attached hydrogen (secondary N) is 1. The SMILES string of the molecule is Cc1cc(C(=O)NCCC2=CCCCC2)nc(N2CCC(C)CC2)n1. The Labute approximate surface area is 150 Å². The van der Waals surface area contributed by atoms with E-state index < -0.39 is 0 Å². The van der Waals surface area contributed by atoms with E-state index >= 15 is 0 Å². The summed E-state index contributed by atoms with van der Waals surface area (Å²) in [5, 5.41) is 3.02.